The maximum atomic E-state index is 12.9. The van der Waals surface area contributed by atoms with Crippen LogP contribution in [0.5, 0.6) is 23.0 Å². The minimum atomic E-state index is -0.985. The Morgan fingerprint density at radius 1 is 0.667 bits per heavy atom. The molecule has 0 aromatic heterocycles. The van der Waals surface area contributed by atoms with E-state index in [0.717, 1.165) is 40.6 Å². The Hall–Kier alpha value is -3.52. The van der Waals surface area contributed by atoms with Gasteiger partial charge in [0, 0.05) is 20.2 Å². The zero-order valence-electron chi connectivity index (χ0n) is 25.1. The van der Waals surface area contributed by atoms with Crippen molar-refractivity contribution in [2.75, 3.05) is 27.3 Å². The molecule has 0 radical (unpaired) electrons. The van der Waals surface area contributed by atoms with Crippen LogP contribution in [0, 0.1) is 7.14 Å². The molecule has 1 aliphatic heterocycles. The molecule has 4 aromatic carbocycles. The largest absolute Gasteiger partial charge is 0.493 e. The molecule has 5 rings (SSSR count). The summed E-state index contributed by atoms with van der Waals surface area (Å²) in [5.41, 5.74) is 2.97. The van der Waals surface area contributed by atoms with E-state index in [1.807, 2.05) is 100 Å². The molecule has 0 unspecified atom stereocenters. The minimum Gasteiger partial charge on any atom is -0.493 e. The van der Waals surface area contributed by atoms with Gasteiger partial charge in [0.05, 0.1) is 25.3 Å². The first-order chi connectivity index (χ1) is 21.8. The molecule has 0 atom stereocenters. The average molecular weight is 835 g/mol. The number of rotatable bonds is 10. The molecule has 1 heterocycles. The minimum absolute atomic E-state index is 0.0799. The second-order valence-corrected chi connectivity index (χ2v) is 12.5. The first-order valence-electron chi connectivity index (χ1n) is 14.4. The number of carbonyl (C=O) groups excluding carboxylic acids is 1. The monoisotopic (exact) mass is 835 g/mol. The van der Waals surface area contributed by atoms with E-state index in [2.05, 4.69) is 22.6 Å². The van der Waals surface area contributed by atoms with E-state index < -0.39 is 5.97 Å². The third-order valence-electron chi connectivity index (χ3n) is 7.09. The topological polar surface area (TPSA) is 94.5 Å². The van der Waals surface area contributed by atoms with Gasteiger partial charge in [0.2, 0.25) is 0 Å². The lowest BCUT2D eigenvalue weighted by Crippen LogP contribution is -2.36. The molecule has 1 saturated heterocycles. The van der Waals surface area contributed by atoms with Crippen molar-refractivity contribution in [3.8, 4) is 23.0 Å². The predicted octanol–water partition coefficient (Wildman–Crippen LogP) is 8.08. The quantitative estimate of drug-likeness (QED) is 0.162. The molecule has 236 valence electrons. The Morgan fingerprint density at radius 3 is 1.56 bits per heavy atom. The molecule has 1 N–H and O–H groups in total. The number of halogens is 2. The Labute approximate surface area is 290 Å². The van der Waals surface area contributed by atoms with Crippen molar-refractivity contribution in [2.24, 2.45) is 0 Å². The van der Waals surface area contributed by atoms with Gasteiger partial charge in [-0.05, 0) is 99.8 Å². The summed E-state index contributed by atoms with van der Waals surface area (Å²) in [6, 6.07) is 26.5. The first kappa shape index (κ1) is 34.4. The van der Waals surface area contributed by atoms with E-state index in [9.17, 15) is 9.59 Å². The van der Waals surface area contributed by atoms with Crippen molar-refractivity contribution in [1.82, 2.24) is 4.90 Å². The zero-order chi connectivity index (χ0) is 32.2. The van der Waals surface area contributed by atoms with Crippen LogP contribution in [0.1, 0.15) is 51.1 Å². The van der Waals surface area contributed by atoms with Gasteiger partial charge >= 0.3 is 5.97 Å². The Morgan fingerprint density at radius 2 is 1.11 bits per heavy atom. The number of hydrogen-bond donors (Lipinski definition) is 1. The maximum Gasteiger partial charge on any atom is 0.336 e. The van der Waals surface area contributed by atoms with E-state index in [1.54, 1.807) is 13.2 Å². The summed E-state index contributed by atoms with van der Waals surface area (Å²) in [5, 5.41) is 9.14. The molecular weight excluding hydrogens is 800 g/mol. The van der Waals surface area contributed by atoms with Crippen LogP contribution >= 0.6 is 45.2 Å². The van der Waals surface area contributed by atoms with Crippen molar-refractivity contribution in [3.63, 3.8) is 0 Å². The number of likely N-dealkylation sites (tertiary alicyclic amines) is 1. The molecule has 45 heavy (non-hydrogen) atoms. The number of carboxylic acid groups (broad SMARTS) is 1. The smallest absolute Gasteiger partial charge is 0.336 e. The van der Waals surface area contributed by atoms with Crippen LogP contribution in [0.25, 0.3) is 0 Å². The third kappa shape index (κ3) is 9.73. The Kier molecular flexibility index (Phi) is 13.2. The summed E-state index contributed by atoms with van der Waals surface area (Å²) < 4.78 is 23.8. The molecule has 0 bridgehead atoms. The second kappa shape index (κ2) is 17.2. The van der Waals surface area contributed by atoms with Crippen molar-refractivity contribution >= 4 is 57.1 Å². The molecule has 0 spiro atoms. The normalized spacial score (nSPS) is 12.4. The van der Waals surface area contributed by atoms with Crippen molar-refractivity contribution < 1.29 is 33.6 Å². The van der Waals surface area contributed by atoms with Gasteiger partial charge in [-0.1, -0.05) is 60.7 Å². The standard InChI is InChI=1S/C20H22INO3.C15H13IO4/c1-24-18-13-17(21)16(20(23)22-10-6-3-7-11-22)12-19(18)25-14-15-8-4-2-5-9-15;1-19-13-8-12(16)11(15(17)18)7-14(13)20-9-10-5-3-2-4-6-10/h2,4-5,8-9,12-13H,3,6-7,10-11,14H2,1H3;2-8H,9H2,1H3,(H,17,18). The average Bonchev–Trinajstić information content (AvgIpc) is 3.08. The van der Waals surface area contributed by atoms with Crippen LogP contribution in [0.3, 0.4) is 0 Å². The number of piperidine rings is 1. The summed E-state index contributed by atoms with van der Waals surface area (Å²) in [4.78, 5) is 26.0. The van der Waals surface area contributed by atoms with E-state index in [4.69, 9.17) is 24.1 Å². The SMILES string of the molecule is COc1cc(I)c(C(=O)N2CCCCC2)cc1OCc1ccccc1.COc1cc(I)c(C(=O)O)cc1OCc1ccccc1. The van der Waals surface area contributed by atoms with Crippen LogP contribution in [0.15, 0.2) is 84.9 Å². The molecule has 1 aliphatic rings. The number of carbonyl (C=O) groups is 2. The number of methoxy groups -OCH3 is 2. The zero-order valence-corrected chi connectivity index (χ0v) is 29.4. The maximum absolute atomic E-state index is 12.9. The molecule has 0 saturated carbocycles. The van der Waals surface area contributed by atoms with Gasteiger partial charge in [-0.15, -0.1) is 0 Å². The van der Waals surface area contributed by atoms with Gasteiger partial charge in [-0.3, -0.25) is 4.79 Å². The van der Waals surface area contributed by atoms with Crippen LogP contribution < -0.4 is 18.9 Å². The summed E-state index contributed by atoms with van der Waals surface area (Å²) in [6.45, 7) is 2.47. The fourth-order valence-electron chi connectivity index (χ4n) is 4.68. The highest BCUT2D eigenvalue weighted by Crippen LogP contribution is 2.34. The highest BCUT2D eigenvalue weighted by atomic mass is 127. The van der Waals surface area contributed by atoms with Gasteiger partial charge in [0.25, 0.3) is 5.91 Å². The number of nitrogens with zero attached hydrogens (tertiary/aromatic N) is 1. The van der Waals surface area contributed by atoms with E-state index in [-0.39, 0.29) is 11.5 Å². The van der Waals surface area contributed by atoms with Crippen molar-refractivity contribution in [1.29, 1.82) is 0 Å². The molecular formula is C35H35I2NO7. The molecule has 4 aromatic rings. The van der Waals surface area contributed by atoms with Gasteiger partial charge in [-0.2, -0.15) is 0 Å². The van der Waals surface area contributed by atoms with Crippen LogP contribution in [-0.4, -0.2) is 49.2 Å². The summed E-state index contributed by atoms with van der Waals surface area (Å²) in [7, 11) is 3.15. The number of aromatic carboxylic acids is 1. The van der Waals surface area contributed by atoms with Gasteiger partial charge in [0.15, 0.2) is 23.0 Å². The molecule has 1 amide bonds. The van der Waals surface area contributed by atoms with Gasteiger partial charge < -0.3 is 29.0 Å². The second-order valence-electron chi connectivity index (χ2n) is 10.2. The summed E-state index contributed by atoms with van der Waals surface area (Å²) >= 11 is 4.16. The lowest BCUT2D eigenvalue weighted by Gasteiger charge is -2.27. The van der Waals surface area contributed by atoms with E-state index in [1.165, 1.54) is 19.6 Å². The lowest BCUT2D eigenvalue weighted by molar-refractivity contribution is 0.0692. The molecule has 1 fully saturated rings. The number of ether oxygens (including phenoxy) is 4. The highest BCUT2D eigenvalue weighted by molar-refractivity contribution is 14.1. The lowest BCUT2D eigenvalue weighted by atomic mass is 10.1. The van der Waals surface area contributed by atoms with E-state index >= 15 is 0 Å². The summed E-state index contributed by atoms with van der Waals surface area (Å²) in [5.74, 6) is 1.30. The Balaban J connectivity index is 0.000000210. The highest BCUT2D eigenvalue weighted by Gasteiger charge is 2.22. The van der Waals surface area contributed by atoms with Crippen LogP contribution in [0.2, 0.25) is 0 Å². The number of carboxylic acids is 1. The number of hydrogen-bond acceptors (Lipinski definition) is 6. The number of benzene rings is 4. The van der Waals surface area contributed by atoms with Gasteiger partial charge in [-0.25, -0.2) is 4.79 Å². The van der Waals surface area contributed by atoms with Crippen molar-refractivity contribution in [2.45, 2.75) is 32.5 Å². The fraction of sp³-hybridized carbons (Fsp3) is 0.257. The number of amides is 1. The first-order valence-corrected chi connectivity index (χ1v) is 16.6. The molecule has 8 nitrogen and oxygen atoms in total. The third-order valence-corrected chi connectivity index (χ3v) is 8.87. The molecule has 0 aliphatic carbocycles. The van der Waals surface area contributed by atoms with Crippen LogP contribution in [0.4, 0.5) is 0 Å². The van der Waals surface area contributed by atoms with Crippen LogP contribution in [-0.2, 0) is 13.2 Å². The molecule has 10 heteroatoms. The predicted molar refractivity (Wildman–Crippen MR) is 190 cm³/mol. The fourth-order valence-corrected chi connectivity index (χ4v) is 6.02. The summed E-state index contributed by atoms with van der Waals surface area (Å²) in [6.07, 6.45) is 3.36. The van der Waals surface area contributed by atoms with Gasteiger partial charge in [0.1, 0.15) is 13.2 Å². The Bertz CT molecular complexity index is 1580. The van der Waals surface area contributed by atoms with E-state index in [0.29, 0.717) is 45.3 Å². The van der Waals surface area contributed by atoms with Crippen molar-refractivity contribution in [3.05, 3.63) is 114 Å².